The summed E-state index contributed by atoms with van der Waals surface area (Å²) in [7, 11) is 0. The van der Waals surface area contributed by atoms with E-state index in [4.69, 9.17) is 0 Å². The minimum Gasteiger partial charge on any atom is -0.365 e. The molecule has 1 fully saturated rings. The molecule has 4 rings (SSSR count). The Kier molecular flexibility index (Phi) is 4.06. The van der Waals surface area contributed by atoms with Crippen molar-refractivity contribution in [1.29, 1.82) is 0 Å². The van der Waals surface area contributed by atoms with Gasteiger partial charge in [-0.1, -0.05) is 13.8 Å². The molecule has 1 saturated heterocycles. The number of benzene rings is 1. The number of nitrogens with one attached hydrogen (secondary N) is 1. The van der Waals surface area contributed by atoms with E-state index in [0.717, 1.165) is 17.2 Å². The van der Waals surface area contributed by atoms with Crippen molar-refractivity contribution in [3.8, 4) is 0 Å². The molecule has 6 nitrogen and oxygen atoms in total. The number of hydrogen-bond acceptors (Lipinski definition) is 4. The van der Waals surface area contributed by atoms with Gasteiger partial charge in [-0.3, -0.25) is 4.79 Å². The maximum absolute atomic E-state index is 13.1. The summed E-state index contributed by atoms with van der Waals surface area (Å²) in [4.78, 5) is 18.7. The lowest BCUT2D eigenvalue weighted by Gasteiger charge is -2.18. The van der Waals surface area contributed by atoms with Crippen molar-refractivity contribution in [2.24, 2.45) is 0 Å². The van der Waals surface area contributed by atoms with E-state index in [1.165, 1.54) is 12.1 Å². The van der Waals surface area contributed by atoms with Crippen LogP contribution in [-0.2, 0) is 4.79 Å². The molecule has 1 aliphatic heterocycles. The first kappa shape index (κ1) is 16.5. The molecule has 0 aliphatic carbocycles. The summed E-state index contributed by atoms with van der Waals surface area (Å²) in [6, 6.07) is 9.79. The molecule has 3 aromatic rings. The van der Waals surface area contributed by atoms with Crippen molar-refractivity contribution < 1.29 is 9.18 Å². The van der Waals surface area contributed by atoms with Gasteiger partial charge in [0.15, 0.2) is 5.65 Å². The summed E-state index contributed by atoms with van der Waals surface area (Å²) < 4.78 is 14.9. The van der Waals surface area contributed by atoms with Crippen LogP contribution in [0.3, 0.4) is 0 Å². The molecule has 1 aromatic carbocycles. The fourth-order valence-electron chi connectivity index (χ4n) is 3.21. The highest BCUT2D eigenvalue weighted by Crippen LogP contribution is 2.25. The first-order valence-corrected chi connectivity index (χ1v) is 8.68. The van der Waals surface area contributed by atoms with Crippen LogP contribution in [0.5, 0.6) is 0 Å². The molecular formula is C19H20FN5O. The lowest BCUT2D eigenvalue weighted by atomic mass is 10.1. The van der Waals surface area contributed by atoms with Crippen molar-refractivity contribution in [2.45, 2.75) is 32.2 Å². The van der Waals surface area contributed by atoms with Crippen LogP contribution in [0.4, 0.5) is 15.9 Å². The van der Waals surface area contributed by atoms with Gasteiger partial charge in [-0.05, 0) is 30.2 Å². The van der Waals surface area contributed by atoms with Crippen molar-refractivity contribution in [3.63, 3.8) is 0 Å². The molecule has 134 valence electrons. The zero-order valence-electron chi connectivity index (χ0n) is 14.7. The quantitative estimate of drug-likeness (QED) is 0.782. The van der Waals surface area contributed by atoms with Crippen LogP contribution in [0.2, 0.25) is 0 Å². The monoisotopic (exact) mass is 353 g/mol. The Hall–Kier alpha value is -2.96. The van der Waals surface area contributed by atoms with E-state index in [9.17, 15) is 9.18 Å². The van der Waals surface area contributed by atoms with Gasteiger partial charge >= 0.3 is 0 Å². The van der Waals surface area contributed by atoms with E-state index < -0.39 is 0 Å². The summed E-state index contributed by atoms with van der Waals surface area (Å²) in [5, 5.41) is 7.75. The summed E-state index contributed by atoms with van der Waals surface area (Å²) in [5.41, 5.74) is 2.46. The zero-order chi connectivity index (χ0) is 18.3. The summed E-state index contributed by atoms with van der Waals surface area (Å²) >= 11 is 0. The lowest BCUT2D eigenvalue weighted by Crippen LogP contribution is -2.28. The van der Waals surface area contributed by atoms with Gasteiger partial charge < -0.3 is 10.2 Å². The maximum atomic E-state index is 13.1. The minimum absolute atomic E-state index is 0.0176. The van der Waals surface area contributed by atoms with Gasteiger partial charge in [-0.15, -0.1) is 0 Å². The van der Waals surface area contributed by atoms with Crippen molar-refractivity contribution in [1.82, 2.24) is 14.6 Å². The number of fused-ring (bicyclic) bond motifs is 1. The zero-order valence-corrected chi connectivity index (χ0v) is 14.7. The highest BCUT2D eigenvalue weighted by molar-refractivity contribution is 5.96. The van der Waals surface area contributed by atoms with E-state index in [-0.39, 0.29) is 23.7 Å². The van der Waals surface area contributed by atoms with Gasteiger partial charge in [0.25, 0.3) is 0 Å². The third-order valence-electron chi connectivity index (χ3n) is 4.59. The molecule has 0 spiro atoms. The Balaban J connectivity index is 1.58. The van der Waals surface area contributed by atoms with Gasteiger partial charge in [0, 0.05) is 36.5 Å². The number of rotatable bonds is 4. The van der Waals surface area contributed by atoms with Crippen molar-refractivity contribution >= 4 is 23.1 Å². The Morgan fingerprint density at radius 3 is 2.73 bits per heavy atom. The van der Waals surface area contributed by atoms with Gasteiger partial charge in [0.2, 0.25) is 5.91 Å². The molecule has 7 heteroatoms. The van der Waals surface area contributed by atoms with Crippen LogP contribution < -0.4 is 10.2 Å². The minimum atomic E-state index is -0.311. The van der Waals surface area contributed by atoms with E-state index in [1.807, 2.05) is 12.1 Å². The van der Waals surface area contributed by atoms with Crippen LogP contribution >= 0.6 is 0 Å². The van der Waals surface area contributed by atoms with Crippen LogP contribution in [0.15, 0.2) is 42.6 Å². The molecule has 0 unspecified atom stereocenters. The lowest BCUT2D eigenvalue weighted by molar-refractivity contribution is -0.117. The van der Waals surface area contributed by atoms with Gasteiger partial charge in [-0.2, -0.15) is 9.61 Å². The average Bonchev–Trinajstić information content (AvgIpc) is 3.22. The molecular weight excluding hydrogens is 333 g/mol. The molecule has 26 heavy (non-hydrogen) atoms. The molecule has 0 radical (unpaired) electrons. The fraction of sp³-hybridized carbons (Fsp3) is 0.316. The molecule has 1 amide bonds. The largest absolute Gasteiger partial charge is 0.365 e. The third-order valence-corrected chi connectivity index (χ3v) is 4.59. The predicted octanol–water partition coefficient (Wildman–Crippen LogP) is 3.21. The smallest absolute Gasteiger partial charge is 0.229 e. The molecule has 2 aromatic heterocycles. The van der Waals surface area contributed by atoms with Crippen LogP contribution in [0, 0.1) is 5.82 Å². The van der Waals surface area contributed by atoms with E-state index in [2.05, 4.69) is 29.2 Å². The molecule has 1 atom stereocenters. The first-order valence-electron chi connectivity index (χ1n) is 8.68. The molecule has 1 aliphatic rings. The molecule has 0 bridgehead atoms. The molecule has 3 heterocycles. The number of halogens is 1. The number of amides is 1. The second-order valence-electron chi connectivity index (χ2n) is 6.85. The van der Waals surface area contributed by atoms with E-state index in [0.29, 0.717) is 18.7 Å². The third kappa shape index (κ3) is 3.00. The Labute approximate surface area is 150 Å². The average molecular weight is 353 g/mol. The Morgan fingerprint density at radius 2 is 2.00 bits per heavy atom. The van der Waals surface area contributed by atoms with Crippen molar-refractivity contribution in [2.75, 3.05) is 16.8 Å². The first-order chi connectivity index (χ1) is 12.5. The topological polar surface area (TPSA) is 62.5 Å². The Morgan fingerprint density at radius 1 is 1.23 bits per heavy atom. The summed E-state index contributed by atoms with van der Waals surface area (Å²) in [6.45, 7) is 4.70. The van der Waals surface area contributed by atoms with Gasteiger partial charge in [0.05, 0.1) is 12.2 Å². The molecule has 1 N–H and O–H groups in total. The highest BCUT2D eigenvalue weighted by atomic mass is 19.1. The number of carbonyl (C=O) groups is 1. The maximum Gasteiger partial charge on any atom is 0.229 e. The van der Waals surface area contributed by atoms with E-state index >= 15 is 0 Å². The molecule has 0 saturated carbocycles. The normalized spacial score (nSPS) is 17.5. The van der Waals surface area contributed by atoms with E-state index in [1.54, 1.807) is 27.7 Å². The Bertz CT molecular complexity index is 950. The fourth-order valence-corrected chi connectivity index (χ4v) is 3.21. The number of nitrogens with zero attached hydrogens (tertiary/aromatic N) is 4. The second kappa shape index (κ2) is 6.40. The second-order valence-corrected chi connectivity index (χ2v) is 6.85. The van der Waals surface area contributed by atoms with Crippen LogP contribution in [0.25, 0.3) is 5.65 Å². The predicted molar refractivity (Wildman–Crippen MR) is 97.9 cm³/mol. The summed E-state index contributed by atoms with van der Waals surface area (Å²) in [5.74, 6) is 0.817. The van der Waals surface area contributed by atoms with Crippen LogP contribution in [0.1, 0.15) is 31.9 Å². The SMILES string of the molecule is CC(C)c1cc(N[C@H]2CC(=O)N(c3ccc(F)cc3)C2)n2nccc2n1. The van der Waals surface area contributed by atoms with Crippen molar-refractivity contribution in [3.05, 3.63) is 54.1 Å². The summed E-state index contributed by atoms with van der Waals surface area (Å²) in [6.07, 6.45) is 2.09. The number of anilines is 2. The van der Waals surface area contributed by atoms with Gasteiger partial charge in [-0.25, -0.2) is 9.37 Å². The number of carbonyl (C=O) groups excluding carboxylic acids is 1. The number of aromatic nitrogens is 3. The van der Waals surface area contributed by atoms with Gasteiger partial charge in [0.1, 0.15) is 11.6 Å². The standard InChI is InChI=1S/C19H20FN5O/c1-12(2)16-10-18(25-17(23-16)7-8-21-25)22-14-9-19(26)24(11-14)15-5-3-13(20)4-6-15/h3-8,10,12,14,22H,9,11H2,1-2H3/t14-/m0/s1. The highest BCUT2D eigenvalue weighted by Gasteiger charge is 2.31. The van der Waals surface area contributed by atoms with Crippen LogP contribution in [-0.4, -0.2) is 33.1 Å². The number of hydrogen-bond donors (Lipinski definition) is 1.